The maximum absolute atomic E-state index is 10.3. The standard InChI is InChI=1S/C5H6O3S/c1-2-5(8)9-3-4(6)7/h2H,1,3H2,(H,6,7). The minimum atomic E-state index is -0.991. The fraction of sp³-hybridized carbons (Fsp3) is 0.200. The number of hydrogen-bond donors (Lipinski definition) is 1. The minimum Gasteiger partial charge on any atom is -0.481 e. The molecule has 0 fully saturated rings. The molecular weight excluding hydrogens is 140 g/mol. The molecule has 0 aliphatic heterocycles. The summed E-state index contributed by atoms with van der Waals surface area (Å²) in [6.07, 6.45) is 1.09. The van der Waals surface area contributed by atoms with E-state index >= 15 is 0 Å². The van der Waals surface area contributed by atoms with Crippen molar-refractivity contribution in [1.29, 1.82) is 0 Å². The van der Waals surface area contributed by atoms with Gasteiger partial charge in [-0.05, 0) is 6.08 Å². The average molecular weight is 146 g/mol. The van der Waals surface area contributed by atoms with Crippen LogP contribution in [0.2, 0.25) is 0 Å². The molecule has 50 valence electrons. The van der Waals surface area contributed by atoms with Gasteiger partial charge in [0, 0.05) is 0 Å². The van der Waals surface area contributed by atoms with Crippen molar-refractivity contribution in [3.05, 3.63) is 12.7 Å². The number of carbonyl (C=O) groups excluding carboxylic acids is 1. The number of carbonyl (C=O) groups is 2. The van der Waals surface area contributed by atoms with Gasteiger partial charge in [-0.2, -0.15) is 0 Å². The molecule has 0 spiro atoms. The number of rotatable bonds is 3. The number of carboxylic acid groups (broad SMARTS) is 1. The van der Waals surface area contributed by atoms with Gasteiger partial charge in [-0.15, -0.1) is 0 Å². The first-order valence-electron chi connectivity index (χ1n) is 2.18. The van der Waals surface area contributed by atoms with Crippen molar-refractivity contribution in [3.8, 4) is 0 Å². The van der Waals surface area contributed by atoms with E-state index in [9.17, 15) is 9.59 Å². The number of hydrogen-bond acceptors (Lipinski definition) is 3. The van der Waals surface area contributed by atoms with Crippen molar-refractivity contribution in [2.75, 3.05) is 5.75 Å². The second-order valence-electron chi connectivity index (χ2n) is 1.21. The van der Waals surface area contributed by atoms with Gasteiger partial charge in [0.25, 0.3) is 0 Å². The lowest BCUT2D eigenvalue weighted by molar-refractivity contribution is -0.134. The first kappa shape index (κ1) is 8.23. The van der Waals surface area contributed by atoms with Gasteiger partial charge in [0.05, 0.1) is 5.75 Å². The van der Waals surface area contributed by atoms with Crippen LogP contribution < -0.4 is 0 Å². The highest BCUT2D eigenvalue weighted by Gasteiger charge is 2.00. The van der Waals surface area contributed by atoms with Crippen molar-refractivity contribution in [3.63, 3.8) is 0 Å². The van der Waals surface area contributed by atoms with Gasteiger partial charge < -0.3 is 5.11 Å². The Kier molecular flexibility index (Phi) is 3.79. The molecule has 0 aromatic carbocycles. The summed E-state index contributed by atoms with van der Waals surface area (Å²) in [4.78, 5) is 20.1. The summed E-state index contributed by atoms with van der Waals surface area (Å²) < 4.78 is 0. The predicted molar refractivity (Wildman–Crippen MR) is 35.3 cm³/mol. The zero-order chi connectivity index (χ0) is 7.28. The van der Waals surface area contributed by atoms with E-state index in [0.717, 1.165) is 17.8 Å². The molecule has 0 rings (SSSR count). The summed E-state index contributed by atoms with van der Waals surface area (Å²) in [7, 11) is 0. The van der Waals surface area contributed by atoms with E-state index in [1.807, 2.05) is 0 Å². The van der Waals surface area contributed by atoms with Crippen LogP contribution in [0.3, 0.4) is 0 Å². The van der Waals surface area contributed by atoms with Crippen LogP contribution in [-0.4, -0.2) is 21.9 Å². The summed E-state index contributed by atoms with van der Waals surface area (Å²) in [5, 5.41) is 7.74. The molecule has 0 bridgehead atoms. The Morgan fingerprint density at radius 1 is 1.67 bits per heavy atom. The monoisotopic (exact) mass is 146 g/mol. The van der Waals surface area contributed by atoms with Gasteiger partial charge in [-0.3, -0.25) is 9.59 Å². The van der Waals surface area contributed by atoms with Gasteiger partial charge in [-0.1, -0.05) is 18.3 Å². The smallest absolute Gasteiger partial charge is 0.313 e. The fourth-order valence-corrected chi connectivity index (χ4v) is 0.575. The van der Waals surface area contributed by atoms with E-state index in [1.54, 1.807) is 0 Å². The summed E-state index contributed by atoms with van der Waals surface area (Å²) in [6, 6.07) is 0. The molecule has 0 aliphatic rings. The minimum absolute atomic E-state index is 0.190. The molecule has 3 nitrogen and oxygen atoms in total. The molecule has 0 aromatic rings. The van der Waals surface area contributed by atoms with Crippen LogP contribution in [0, 0.1) is 0 Å². The molecule has 0 heterocycles. The molecule has 9 heavy (non-hydrogen) atoms. The zero-order valence-corrected chi connectivity index (χ0v) is 5.48. The normalized spacial score (nSPS) is 8.44. The zero-order valence-electron chi connectivity index (χ0n) is 4.66. The topological polar surface area (TPSA) is 54.4 Å². The van der Waals surface area contributed by atoms with Gasteiger partial charge >= 0.3 is 5.97 Å². The van der Waals surface area contributed by atoms with Crippen LogP contribution in [0.1, 0.15) is 0 Å². The molecule has 0 aliphatic carbocycles. The van der Waals surface area contributed by atoms with E-state index in [4.69, 9.17) is 5.11 Å². The second-order valence-corrected chi connectivity index (χ2v) is 2.19. The lowest BCUT2D eigenvalue weighted by Gasteiger charge is -1.87. The van der Waals surface area contributed by atoms with E-state index in [-0.39, 0.29) is 10.9 Å². The third kappa shape index (κ3) is 5.10. The van der Waals surface area contributed by atoms with Crippen molar-refractivity contribution in [2.24, 2.45) is 0 Å². The number of thioether (sulfide) groups is 1. The van der Waals surface area contributed by atoms with Gasteiger partial charge in [-0.25, -0.2) is 0 Å². The summed E-state index contributed by atoms with van der Waals surface area (Å²) in [6.45, 7) is 3.18. The van der Waals surface area contributed by atoms with Crippen molar-refractivity contribution in [1.82, 2.24) is 0 Å². The van der Waals surface area contributed by atoms with Crippen molar-refractivity contribution in [2.45, 2.75) is 0 Å². The van der Waals surface area contributed by atoms with Crippen LogP contribution in [0.4, 0.5) is 0 Å². The lowest BCUT2D eigenvalue weighted by atomic mass is 10.7. The van der Waals surface area contributed by atoms with Gasteiger partial charge in [0.2, 0.25) is 5.12 Å². The largest absolute Gasteiger partial charge is 0.481 e. The average Bonchev–Trinajstić information content (AvgIpc) is 1.83. The molecule has 0 radical (unpaired) electrons. The van der Waals surface area contributed by atoms with Crippen LogP contribution >= 0.6 is 11.8 Å². The van der Waals surface area contributed by atoms with Crippen molar-refractivity contribution >= 4 is 22.8 Å². The highest BCUT2D eigenvalue weighted by molar-refractivity contribution is 8.14. The second kappa shape index (κ2) is 4.14. The molecule has 4 heteroatoms. The van der Waals surface area contributed by atoms with Gasteiger partial charge in [0.15, 0.2) is 0 Å². The Hall–Kier alpha value is -0.770. The molecule has 0 aromatic heterocycles. The highest BCUT2D eigenvalue weighted by atomic mass is 32.2. The maximum Gasteiger partial charge on any atom is 0.313 e. The fourth-order valence-electron chi connectivity index (χ4n) is 0.192. The third-order valence-electron chi connectivity index (χ3n) is 0.505. The third-order valence-corrected chi connectivity index (χ3v) is 1.35. The molecule has 0 atom stereocenters. The van der Waals surface area contributed by atoms with Gasteiger partial charge in [0.1, 0.15) is 0 Å². The maximum atomic E-state index is 10.3. The Morgan fingerprint density at radius 3 is 2.56 bits per heavy atom. The quantitative estimate of drug-likeness (QED) is 0.589. The Balaban J connectivity index is 3.39. The molecule has 0 amide bonds. The van der Waals surface area contributed by atoms with Crippen LogP contribution in [0.25, 0.3) is 0 Å². The SMILES string of the molecule is C=CC(=O)SCC(=O)O. The van der Waals surface area contributed by atoms with E-state index in [2.05, 4.69) is 6.58 Å². The summed E-state index contributed by atoms with van der Waals surface area (Å²) in [5.74, 6) is -1.18. The first-order valence-corrected chi connectivity index (χ1v) is 3.16. The number of carboxylic acids is 1. The molecule has 0 saturated heterocycles. The predicted octanol–water partition coefficient (Wildman–Crippen LogP) is 0.517. The molecule has 0 saturated carbocycles. The van der Waals surface area contributed by atoms with Crippen molar-refractivity contribution < 1.29 is 14.7 Å². The van der Waals surface area contributed by atoms with Crippen LogP contribution in [0.15, 0.2) is 12.7 Å². The Labute approximate surface area is 56.7 Å². The molecular formula is C5H6O3S. The van der Waals surface area contributed by atoms with Crippen LogP contribution in [0.5, 0.6) is 0 Å². The summed E-state index contributed by atoms with van der Waals surface area (Å²) >= 11 is 0.728. The first-order chi connectivity index (χ1) is 4.16. The Bertz CT molecular complexity index is 141. The number of aliphatic carboxylic acids is 1. The lowest BCUT2D eigenvalue weighted by Crippen LogP contribution is -2.00. The van der Waals surface area contributed by atoms with E-state index < -0.39 is 5.97 Å². The van der Waals surface area contributed by atoms with Crippen LogP contribution in [-0.2, 0) is 9.59 Å². The Morgan fingerprint density at radius 2 is 2.22 bits per heavy atom. The highest BCUT2D eigenvalue weighted by Crippen LogP contribution is 2.00. The van der Waals surface area contributed by atoms with E-state index in [0.29, 0.717) is 0 Å². The summed E-state index contributed by atoms with van der Waals surface area (Å²) in [5.41, 5.74) is 0. The molecule has 1 N–H and O–H groups in total. The molecule has 0 unspecified atom stereocenters. The van der Waals surface area contributed by atoms with E-state index in [1.165, 1.54) is 0 Å².